The number of hydrogen-bond acceptors (Lipinski definition) is 4. The third kappa shape index (κ3) is 3.90. The molecule has 4 rings (SSSR count). The van der Waals surface area contributed by atoms with Crippen molar-refractivity contribution in [2.45, 2.75) is 70.9 Å². The second kappa shape index (κ2) is 8.01. The summed E-state index contributed by atoms with van der Waals surface area (Å²) in [6.07, 6.45) is 8.70. The van der Waals surface area contributed by atoms with Crippen LogP contribution < -0.4 is 0 Å². The molecule has 1 aliphatic carbocycles. The second-order valence-corrected chi connectivity index (χ2v) is 9.58. The highest BCUT2D eigenvalue weighted by Gasteiger charge is 2.58. The molecule has 2 aromatic rings. The van der Waals surface area contributed by atoms with Gasteiger partial charge in [-0.1, -0.05) is 6.07 Å². The third-order valence-corrected chi connectivity index (χ3v) is 7.56. The van der Waals surface area contributed by atoms with Crippen LogP contribution in [0.4, 0.5) is 4.39 Å². The van der Waals surface area contributed by atoms with E-state index in [0.717, 1.165) is 43.7 Å². The van der Waals surface area contributed by atoms with Crippen molar-refractivity contribution in [2.75, 3.05) is 19.7 Å². The SMILES string of the molecule is CCOC(C)(C)[C@@]1(CCc2ccc(F)cn2)CCN(C2(c3ccc(C)nc3)CC2)C1. The number of likely N-dealkylation sites (tertiary alicyclic amines) is 1. The number of aromatic nitrogens is 2. The van der Waals surface area contributed by atoms with E-state index in [9.17, 15) is 4.39 Å². The molecule has 1 saturated carbocycles. The predicted octanol–water partition coefficient (Wildman–Crippen LogP) is 5.05. The fourth-order valence-corrected chi connectivity index (χ4v) is 5.32. The molecule has 2 aromatic heterocycles. The highest BCUT2D eigenvalue weighted by atomic mass is 19.1. The summed E-state index contributed by atoms with van der Waals surface area (Å²) < 4.78 is 19.6. The highest BCUT2D eigenvalue weighted by Crippen LogP contribution is 2.57. The van der Waals surface area contributed by atoms with Gasteiger partial charge in [0.15, 0.2) is 0 Å². The minimum Gasteiger partial charge on any atom is -0.375 e. The van der Waals surface area contributed by atoms with E-state index in [1.807, 2.05) is 13.0 Å². The molecule has 0 N–H and O–H groups in total. The van der Waals surface area contributed by atoms with Crippen LogP contribution in [0, 0.1) is 18.2 Å². The fraction of sp³-hybridized carbons (Fsp3) is 0.600. The fourth-order valence-electron chi connectivity index (χ4n) is 5.32. The van der Waals surface area contributed by atoms with Gasteiger partial charge in [0.1, 0.15) is 5.82 Å². The maximum absolute atomic E-state index is 13.3. The summed E-state index contributed by atoms with van der Waals surface area (Å²) in [5, 5.41) is 0. The second-order valence-electron chi connectivity index (χ2n) is 9.58. The van der Waals surface area contributed by atoms with Crippen LogP contribution in [0.2, 0.25) is 0 Å². The maximum atomic E-state index is 13.3. The molecule has 2 aliphatic rings. The average Bonchev–Trinajstić information content (AvgIpc) is 3.40. The molecule has 0 aromatic carbocycles. The zero-order valence-corrected chi connectivity index (χ0v) is 18.7. The Labute approximate surface area is 179 Å². The lowest BCUT2D eigenvalue weighted by Gasteiger charge is -2.45. The lowest BCUT2D eigenvalue weighted by Crippen LogP contribution is -2.49. The molecule has 5 heteroatoms. The highest BCUT2D eigenvalue weighted by molar-refractivity contribution is 5.30. The van der Waals surface area contributed by atoms with Crippen LogP contribution >= 0.6 is 0 Å². The lowest BCUT2D eigenvalue weighted by molar-refractivity contribution is -0.108. The smallest absolute Gasteiger partial charge is 0.141 e. The van der Waals surface area contributed by atoms with Gasteiger partial charge in [0.2, 0.25) is 0 Å². The zero-order chi connectivity index (χ0) is 21.4. The molecule has 1 saturated heterocycles. The third-order valence-electron chi connectivity index (χ3n) is 7.56. The minimum absolute atomic E-state index is 0.0345. The maximum Gasteiger partial charge on any atom is 0.141 e. The average molecular weight is 412 g/mol. The van der Waals surface area contributed by atoms with Gasteiger partial charge in [-0.3, -0.25) is 14.9 Å². The summed E-state index contributed by atoms with van der Waals surface area (Å²) in [5.74, 6) is -0.280. The van der Waals surface area contributed by atoms with E-state index in [-0.39, 0.29) is 22.4 Å². The molecule has 1 atom stereocenters. The Morgan fingerprint density at radius 1 is 1.10 bits per heavy atom. The van der Waals surface area contributed by atoms with Gasteiger partial charge in [-0.05, 0) is 90.1 Å². The van der Waals surface area contributed by atoms with Crippen LogP contribution in [0.5, 0.6) is 0 Å². The quantitative estimate of drug-likeness (QED) is 0.609. The van der Waals surface area contributed by atoms with Crippen molar-refractivity contribution < 1.29 is 9.13 Å². The summed E-state index contributed by atoms with van der Waals surface area (Å²) in [5.41, 5.74) is 3.29. The monoisotopic (exact) mass is 411 g/mol. The normalized spacial score (nSPS) is 23.6. The van der Waals surface area contributed by atoms with Gasteiger partial charge < -0.3 is 4.74 Å². The molecule has 0 radical (unpaired) electrons. The topological polar surface area (TPSA) is 38.2 Å². The van der Waals surface area contributed by atoms with Crippen LogP contribution in [0.25, 0.3) is 0 Å². The molecule has 0 amide bonds. The Kier molecular flexibility index (Phi) is 5.71. The van der Waals surface area contributed by atoms with Gasteiger partial charge in [-0.25, -0.2) is 4.39 Å². The number of halogens is 1. The first-order valence-electron chi connectivity index (χ1n) is 11.2. The van der Waals surface area contributed by atoms with E-state index in [1.54, 1.807) is 0 Å². The number of hydrogen-bond donors (Lipinski definition) is 0. The van der Waals surface area contributed by atoms with Gasteiger partial charge >= 0.3 is 0 Å². The van der Waals surface area contributed by atoms with Gasteiger partial charge in [-0.15, -0.1) is 0 Å². The van der Waals surface area contributed by atoms with Crippen LogP contribution in [0.3, 0.4) is 0 Å². The van der Waals surface area contributed by atoms with Gasteiger partial charge in [0, 0.05) is 41.7 Å². The Hall–Kier alpha value is -1.85. The summed E-state index contributed by atoms with van der Waals surface area (Å²) >= 11 is 0. The van der Waals surface area contributed by atoms with E-state index in [4.69, 9.17) is 4.74 Å². The molecular formula is C25H34FN3O. The zero-order valence-electron chi connectivity index (χ0n) is 18.7. The Morgan fingerprint density at radius 2 is 1.90 bits per heavy atom. The van der Waals surface area contributed by atoms with Crippen molar-refractivity contribution >= 4 is 0 Å². The van der Waals surface area contributed by atoms with E-state index in [2.05, 4.69) is 54.0 Å². The molecule has 2 fully saturated rings. The number of ether oxygens (including phenoxy) is 1. The van der Waals surface area contributed by atoms with Gasteiger partial charge in [-0.2, -0.15) is 0 Å². The Bertz CT molecular complexity index is 861. The Balaban J connectivity index is 1.56. The van der Waals surface area contributed by atoms with Crippen molar-refractivity contribution in [3.8, 4) is 0 Å². The molecule has 162 valence electrons. The van der Waals surface area contributed by atoms with Crippen LogP contribution in [0.15, 0.2) is 36.7 Å². The molecular weight excluding hydrogens is 377 g/mol. The number of nitrogens with zero attached hydrogens (tertiary/aromatic N) is 3. The molecule has 30 heavy (non-hydrogen) atoms. The predicted molar refractivity (Wildman–Crippen MR) is 117 cm³/mol. The van der Waals surface area contributed by atoms with Crippen LogP contribution in [-0.4, -0.2) is 40.2 Å². The van der Waals surface area contributed by atoms with E-state index in [1.165, 1.54) is 30.7 Å². The van der Waals surface area contributed by atoms with Crippen molar-refractivity contribution in [1.29, 1.82) is 0 Å². The van der Waals surface area contributed by atoms with Crippen molar-refractivity contribution in [3.05, 3.63) is 59.4 Å². The minimum atomic E-state index is -0.280. The molecule has 0 unspecified atom stereocenters. The molecule has 0 spiro atoms. The van der Waals surface area contributed by atoms with Crippen molar-refractivity contribution in [1.82, 2.24) is 14.9 Å². The van der Waals surface area contributed by atoms with Crippen LogP contribution in [-0.2, 0) is 16.7 Å². The van der Waals surface area contributed by atoms with Crippen molar-refractivity contribution in [2.24, 2.45) is 5.41 Å². The van der Waals surface area contributed by atoms with Gasteiger partial charge in [0.05, 0.1) is 11.8 Å². The largest absolute Gasteiger partial charge is 0.375 e. The first-order chi connectivity index (χ1) is 14.3. The molecule has 4 nitrogen and oxygen atoms in total. The van der Waals surface area contributed by atoms with E-state index < -0.39 is 0 Å². The Morgan fingerprint density at radius 3 is 2.50 bits per heavy atom. The number of pyridine rings is 2. The van der Waals surface area contributed by atoms with E-state index >= 15 is 0 Å². The molecule has 0 bridgehead atoms. The number of rotatable bonds is 8. The van der Waals surface area contributed by atoms with Gasteiger partial charge in [0.25, 0.3) is 0 Å². The molecule has 3 heterocycles. The summed E-state index contributed by atoms with van der Waals surface area (Å²) in [4.78, 5) is 11.5. The summed E-state index contributed by atoms with van der Waals surface area (Å²) in [7, 11) is 0. The lowest BCUT2D eigenvalue weighted by atomic mass is 9.69. The van der Waals surface area contributed by atoms with E-state index in [0.29, 0.717) is 6.61 Å². The summed E-state index contributed by atoms with van der Waals surface area (Å²) in [6.45, 7) is 11.4. The standard InChI is InChI=1S/C25H34FN3O/c1-5-30-23(3,4)24(11-10-22-9-8-21(26)17-28-22)14-15-29(18-24)25(12-13-25)20-7-6-19(2)27-16-20/h6-9,16-17H,5,10-15,18H2,1-4H3/t24-/m0/s1. The first-order valence-corrected chi connectivity index (χ1v) is 11.2. The molecule has 1 aliphatic heterocycles. The summed E-state index contributed by atoms with van der Waals surface area (Å²) in [6, 6.07) is 7.70. The van der Waals surface area contributed by atoms with Crippen LogP contribution in [0.1, 0.15) is 63.4 Å². The van der Waals surface area contributed by atoms with Crippen molar-refractivity contribution in [3.63, 3.8) is 0 Å². The first kappa shape index (κ1) is 21.4. The number of aryl methyl sites for hydroxylation is 2.